The molecule has 1 aliphatic carbocycles. The lowest BCUT2D eigenvalue weighted by molar-refractivity contribution is -0.133. The lowest BCUT2D eigenvalue weighted by atomic mass is 10.0. The van der Waals surface area contributed by atoms with Gasteiger partial charge >= 0.3 is 6.09 Å². The number of aromatic nitrogens is 3. The Balaban J connectivity index is 0.838. The van der Waals surface area contributed by atoms with Gasteiger partial charge in [-0.05, 0) is 65.3 Å². The number of pyridine rings is 1. The Hall–Kier alpha value is -7.79. The van der Waals surface area contributed by atoms with E-state index in [4.69, 9.17) is 9.47 Å². The Morgan fingerprint density at radius 1 is 0.824 bits per heavy atom. The summed E-state index contributed by atoms with van der Waals surface area (Å²) in [5.74, 6) is -1.89. The molecule has 4 aromatic carbocycles. The Morgan fingerprint density at radius 3 is 2.34 bits per heavy atom. The third-order valence-electron chi connectivity index (χ3n) is 11.8. The molecule has 0 radical (unpaired) electrons. The Morgan fingerprint density at radius 2 is 1.57 bits per heavy atom. The molecule has 0 spiro atoms. The van der Waals surface area contributed by atoms with Gasteiger partial charge in [-0.3, -0.25) is 28.9 Å². The summed E-state index contributed by atoms with van der Waals surface area (Å²) in [7, 11) is 0. The highest BCUT2D eigenvalue weighted by Crippen LogP contribution is 2.41. The second-order valence-electron chi connectivity index (χ2n) is 16.7. The summed E-state index contributed by atoms with van der Waals surface area (Å²) >= 11 is 0. The molecule has 16 nitrogen and oxygen atoms in total. The molecule has 1 saturated heterocycles. The van der Waals surface area contributed by atoms with Crippen LogP contribution in [0.4, 0.5) is 14.9 Å². The molecule has 2 aliphatic rings. The molecule has 68 heavy (non-hydrogen) atoms. The number of nitrogens with one attached hydrogen (secondary N) is 3. The molecule has 3 N–H and O–H groups in total. The number of hydrogen-bond donors (Lipinski definition) is 3. The fraction of sp³-hybridized carbons (Fsp3) is 0.294. The van der Waals surface area contributed by atoms with Gasteiger partial charge in [0.2, 0.25) is 11.8 Å². The van der Waals surface area contributed by atoms with Crippen LogP contribution >= 0.6 is 0 Å². The van der Waals surface area contributed by atoms with Crippen LogP contribution in [0.1, 0.15) is 68.9 Å². The van der Waals surface area contributed by atoms with Crippen LogP contribution in [0.2, 0.25) is 0 Å². The number of fused-ring (bicyclic) bond motifs is 1. The normalized spacial score (nSPS) is 13.5. The smallest absolute Gasteiger partial charge is 0.410 e. The lowest BCUT2D eigenvalue weighted by Gasteiger charge is -2.36. The highest BCUT2D eigenvalue weighted by molar-refractivity contribution is 6.02. The molecule has 0 unspecified atom stereocenters. The quantitative estimate of drug-likeness (QED) is 0.0925. The Bertz CT molecular complexity index is 2880. The van der Waals surface area contributed by atoms with Crippen molar-refractivity contribution < 1.29 is 37.8 Å². The average Bonchev–Trinajstić information content (AvgIpc) is 4.22. The zero-order valence-corrected chi connectivity index (χ0v) is 37.5. The summed E-state index contributed by atoms with van der Waals surface area (Å²) in [6, 6.07) is 30.3. The number of benzene rings is 4. The van der Waals surface area contributed by atoms with E-state index in [1.807, 2.05) is 42.5 Å². The van der Waals surface area contributed by atoms with Crippen molar-refractivity contribution in [1.29, 1.82) is 0 Å². The van der Waals surface area contributed by atoms with Crippen molar-refractivity contribution >= 4 is 46.2 Å². The number of rotatable bonds is 17. The minimum atomic E-state index is -0.729. The monoisotopic (exact) mass is 922 g/mol. The van der Waals surface area contributed by atoms with Gasteiger partial charge in [-0.1, -0.05) is 78.9 Å². The molecule has 0 bridgehead atoms. The van der Waals surface area contributed by atoms with E-state index < -0.39 is 23.7 Å². The number of piperazine rings is 1. The molecule has 2 fully saturated rings. The maximum absolute atomic E-state index is 15.2. The first-order chi connectivity index (χ1) is 33.0. The van der Waals surface area contributed by atoms with E-state index in [0.29, 0.717) is 27.9 Å². The van der Waals surface area contributed by atoms with Crippen LogP contribution < -0.4 is 16.2 Å². The molecule has 3 heterocycles. The zero-order chi connectivity index (χ0) is 47.6. The molecule has 2 aromatic heterocycles. The number of anilines is 1. The molecule has 0 atom stereocenters. The minimum absolute atomic E-state index is 0.00893. The zero-order valence-electron chi connectivity index (χ0n) is 37.5. The number of nitrogens with zero attached hydrogens (tertiary/aromatic N) is 5. The van der Waals surface area contributed by atoms with Gasteiger partial charge in [-0.25, -0.2) is 19.3 Å². The number of H-pyrrole nitrogens is 1. The number of carbonyl (C=O) groups excluding carboxylic acids is 5. The largest absolute Gasteiger partial charge is 0.445 e. The van der Waals surface area contributed by atoms with Crippen molar-refractivity contribution in [3.63, 3.8) is 0 Å². The van der Waals surface area contributed by atoms with Gasteiger partial charge in [-0.2, -0.15) is 5.10 Å². The number of halogens is 1. The molecule has 6 aromatic rings. The van der Waals surface area contributed by atoms with Crippen LogP contribution in [0.3, 0.4) is 0 Å². The second kappa shape index (κ2) is 21.7. The SMILES string of the molecule is CC(=O)Nc1cc(-c2cccc(C3CC3)c2)cnc1C(=O)NCCOCCN(CC(=O)N1CCN(C(=O)c2cc(Cc3n[nH]c(=O)c4ccccc34)ccc2F)CC1)C(=O)OCc1ccccc1. The number of hydrogen-bond acceptors (Lipinski definition) is 10. The lowest BCUT2D eigenvalue weighted by Crippen LogP contribution is -2.53. The first-order valence-corrected chi connectivity index (χ1v) is 22.5. The third kappa shape index (κ3) is 11.8. The summed E-state index contributed by atoms with van der Waals surface area (Å²) in [6.07, 6.45) is 3.45. The van der Waals surface area contributed by atoms with Crippen LogP contribution in [0.5, 0.6) is 0 Å². The predicted octanol–water partition coefficient (Wildman–Crippen LogP) is 5.92. The van der Waals surface area contributed by atoms with Gasteiger partial charge in [0.1, 0.15) is 19.0 Å². The fourth-order valence-corrected chi connectivity index (χ4v) is 8.06. The van der Waals surface area contributed by atoms with Crippen molar-refractivity contribution in [1.82, 2.24) is 35.2 Å². The van der Waals surface area contributed by atoms with Crippen LogP contribution in [0.25, 0.3) is 21.9 Å². The molecule has 5 amide bonds. The highest BCUT2D eigenvalue weighted by atomic mass is 19.1. The van der Waals surface area contributed by atoms with Crippen LogP contribution in [-0.2, 0) is 32.1 Å². The summed E-state index contributed by atoms with van der Waals surface area (Å²) < 4.78 is 26.5. The van der Waals surface area contributed by atoms with Crippen LogP contribution in [0.15, 0.2) is 114 Å². The summed E-state index contributed by atoms with van der Waals surface area (Å²) in [5.41, 5.74) is 4.80. The van der Waals surface area contributed by atoms with Gasteiger partial charge in [-0.15, -0.1) is 0 Å². The standard InChI is InChI=1S/C51H51FN8O8/c1-33(61)55-45-29-39(38-11-7-10-37(28-38)36-15-16-36)30-54-47(45)49(64)53-18-24-67-25-23-60(51(66)68-32-34-8-3-2-4-9-34)31-46(62)58-19-21-59(22-20-58)50(65)42-26-35(14-17-43(42)52)27-44-40-12-5-6-13-41(40)48(63)57-56-44/h2-14,17,26,28-30,36H,15-16,18-25,27,31-32H2,1H3,(H,53,64)(H,55,61)(H,57,63). The molecular formula is C51H51FN8O8. The number of amides is 5. The molecular weight excluding hydrogens is 872 g/mol. The van der Waals surface area contributed by atoms with E-state index in [1.54, 1.807) is 47.5 Å². The van der Waals surface area contributed by atoms with E-state index in [2.05, 4.69) is 37.9 Å². The predicted molar refractivity (Wildman–Crippen MR) is 251 cm³/mol. The third-order valence-corrected chi connectivity index (χ3v) is 11.8. The Labute approximate surface area is 391 Å². The average molecular weight is 923 g/mol. The number of carbonyl (C=O) groups is 5. The van der Waals surface area contributed by atoms with Crippen molar-refractivity contribution in [3.8, 4) is 11.1 Å². The first kappa shape index (κ1) is 46.7. The molecule has 350 valence electrons. The maximum Gasteiger partial charge on any atom is 0.410 e. The van der Waals surface area contributed by atoms with Crippen LogP contribution in [-0.4, -0.2) is 119 Å². The molecule has 1 aliphatic heterocycles. The topological polar surface area (TPSA) is 196 Å². The summed E-state index contributed by atoms with van der Waals surface area (Å²) in [6.45, 7) is 1.73. The van der Waals surface area contributed by atoms with Gasteiger partial charge < -0.3 is 29.9 Å². The van der Waals surface area contributed by atoms with E-state index in [1.165, 1.54) is 34.4 Å². The molecule has 1 saturated carbocycles. The fourth-order valence-electron chi connectivity index (χ4n) is 8.06. The summed E-state index contributed by atoms with van der Waals surface area (Å²) in [5, 5.41) is 13.3. The highest BCUT2D eigenvalue weighted by Gasteiger charge is 2.29. The summed E-state index contributed by atoms with van der Waals surface area (Å²) in [4.78, 5) is 87.0. The van der Waals surface area contributed by atoms with Crippen molar-refractivity contribution in [2.45, 2.75) is 38.7 Å². The van der Waals surface area contributed by atoms with E-state index in [0.717, 1.165) is 29.5 Å². The van der Waals surface area contributed by atoms with Gasteiger partial charge in [0.05, 0.1) is 35.5 Å². The van der Waals surface area contributed by atoms with Gasteiger partial charge in [0.15, 0.2) is 5.69 Å². The minimum Gasteiger partial charge on any atom is -0.445 e. The number of aromatic amines is 1. The van der Waals surface area contributed by atoms with E-state index in [-0.39, 0.29) is 106 Å². The van der Waals surface area contributed by atoms with Crippen molar-refractivity contribution in [3.05, 3.63) is 159 Å². The van der Waals surface area contributed by atoms with Gasteiger partial charge in [0.25, 0.3) is 17.4 Å². The van der Waals surface area contributed by atoms with Crippen molar-refractivity contribution in [2.75, 3.05) is 64.3 Å². The van der Waals surface area contributed by atoms with E-state index >= 15 is 4.39 Å². The maximum atomic E-state index is 15.2. The second-order valence-corrected chi connectivity index (χ2v) is 16.7. The Kier molecular flexibility index (Phi) is 14.9. The van der Waals surface area contributed by atoms with E-state index in [9.17, 15) is 28.8 Å². The molecule has 17 heteroatoms. The number of ether oxygens (including phenoxy) is 2. The van der Waals surface area contributed by atoms with Crippen molar-refractivity contribution in [2.24, 2.45) is 0 Å². The van der Waals surface area contributed by atoms with Gasteiger partial charge in [0, 0.05) is 69.8 Å². The van der Waals surface area contributed by atoms with Crippen LogP contribution in [0, 0.1) is 5.82 Å². The molecule has 8 rings (SSSR count). The first-order valence-electron chi connectivity index (χ1n) is 22.5.